The van der Waals surface area contributed by atoms with Crippen LogP contribution in [-0.2, 0) is 0 Å². The first-order chi connectivity index (χ1) is 13.1. The van der Waals surface area contributed by atoms with E-state index in [1.165, 1.54) is 6.20 Å². The van der Waals surface area contributed by atoms with Gasteiger partial charge in [0, 0.05) is 5.02 Å². The average Bonchev–Trinajstić information content (AvgIpc) is 2.69. The van der Waals surface area contributed by atoms with Gasteiger partial charge in [0.25, 0.3) is 5.91 Å². The lowest BCUT2D eigenvalue weighted by Crippen LogP contribution is -2.14. The molecule has 0 radical (unpaired) electrons. The van der Waals surface area contributed by atoms with Gasteiger partial charge in [0.05, 0.1) is 35.9 Å². The zero-order valence-corrected chi connectivity index (χ0v) is 15.1. The number of nitrogens with zero attached hydrogens (tertiary/aromatic N) is 2. The highest BCUT2D eigenvalue weighted by Crippen LogP contribution is 2.30. The Morgan fingerprint density at radius 1 is 1.15 bits per heavy atom. The molecule has 0 bridgehead atoms. The molecule has 3 aromatic rings. The Kier molecular flexibility index (Phi) is 5.55. The highest BCUT2D eigenvalue weighted by atomic mass is 35.5. The fraction of sp³-hybridized carbons (Fsp3) is 0.0500. The maximum absolute atomic E-state index is 12.4. The van der Waals surface area contributed by atoms with Gasteiger partial charge in [-0.25, -0.2) is 4.98 Å². The first-order valence-electron chi connectivity index (χ1n) is 7.98. The summed E-state index contributed by atoms with van der Waals surface area (Å²) >= 11 is 6.02. The molecule has 1 aromatic heterocycles. The number of carbonyl (C=O) groups is 1. The summed E-state index contributed by atoms with van der Waals surface area (Å²) < 4.78 is 5.29. The quantitative estimate of drug-likeness (QED) is 0.676. The molecule has 0 aliphatic rings. The Hall–Kier alpha value is -3.56. The summed E-state index contributed by atoms with van der Waals surface area (Å²) in [4.78, 5) is 16.5. The van der Waals surface area contributed by atoms with Gasteiger partial charge in [-0.3, -0.25) is 4.79 Å². The zero-order valence-electron chi connectivity index (χ0n) is 14.4. The maximum Gasteiger partial charge on any atom is 0.274 e. The molecule has 2 aromatic carbocycles. The van der Waals surface area contributed by atoms with E-state index in [1.54, 1.807) is 61.7 Å². The lowest BCUT2D eigenvalue weighted by molar-refractivity contribution is 0.102. The van der Waals surface area contributed by atoms with Gasteiger partial charge in [0.15, 0.2) is 0 Å². The minimum absolute atomic E-state index is 0.228. The van der Waals surface area contributed by atoms with Crippen LogP contribution in [0.5, 0.6) is 5.75 Å². The number of benzene rings is 2. The van der Waals surface area contributed by atoms with E-state index in [4.69, 9.17) is 21.6 Å². The number of anilines is 3. The zero-order chi connectivity index (χ0) is 19.2. The number of halogens is 1. The summed E-state index contributed by atoms with van der Waals surface area (Å²) in [6.45, 7) is 0. The third-order valence-electron chi connectivity index (χ3n) is 3.73. The molecule has 0 saturated carbocycles. The van der Waals surface area contributed by atoms with E-state index in [2.05, 4.69) is 15.6 Å². The van der Waals surface area contributed by atoms with Crippen molar-refractivity contribution in [2.45, 2.75) is 0 Å². The van der Waals surface area contributed by atoms with Crippen LogP contribution in [0.25, 0.3) is 0 Å². The number of amides is 1. The molecule has 134 valence electrons. The van der Waals surface area contributed by atoms with Gasteiger partial charge in [-0.1, -0.05) is 23.7 Å². The fourth-order valence-corrected chi connectivity index (χ4v) is 2.58. The minimum Gasteiger partial charge on any atom is -0.495 e. The van der Waals surface area contributed by atoms with Crippen LogP contribution < -0.4 is 15.4 Å². The van der Waals surface area contributed by atoms with Crippen LogP contribution in [0.15, 0.2) is 60.8 Å². The molecule has 0 spiro atoms. The van der Waals surface area contributed by atoms with Crippen molar-refractivity contribution in [2.24, 2.45) is 0 Å². The predicted octanol–water partition coefficient (Wildman–Crippen LogP) is 4.61. The number of pyridine rings is 1. The Morgan fingerprint density at radius 2 is 1.96 bits per heavy atom. The average molecular weight is 379 g/mol. The lowest BCUT2D eigenvalue weighted by atomic mass is 10.2. The van der Waals surface area contributed by atoms with Crippen molar-refractivity contribution in [2.75, 3.05) is 17.7 Å². The van der Waals surface area contributed by atoms with Crippen molar-refractivity contribution in [3.63, 3.8) is 0 Å². The molecule has 2 N–H and O–H groups in total. The van der Waals surface area contributed by atoms with Crippen molar-refractivity contribution in [3.8, 4) is 11.8 Å². The van der Waals surface area contributed by atoms with Gasteiger partial charge in [0.2, 0.25) is 0 Å². The van der Waals surface area contributed by atoms with Crippen molar-refractivity contribution in [1.82, 2.24) is 4.98 Å². The Bertz CT molecular complexity index is 1010. The van der Waals surface area contributed by atoms with Crippen molar-refractivity contribution in [1.29, 1.82) is 5.26 Å². The third-order valence-corrected chi connectivity index (χ3v) is 3.97. The first kappa shape index (κ1) is 18.2. The fourth-order valence-electron chi connectivity index (χ4n) is 2.41. The summed E-state index contributed by atoms with van der Waals surface area (Å²) in [5.41, 5.74) is 2.41. The number of rotatable bonds is 5. The van der Waals surface area contributed by atoms with E-state index in [0.717, 1.165) is 0 Å². The molecule has 7 heteroatoms. The normalized spacial score (nSPS) is 9.96. The number of nitrogens with one attached hydrogen (secondary N) is 2. The first-order valence-corrected chi connectivity index (χ1v) is 8.35. The Balaban J connectivity index is 1.75. The highest BCUT2D eigenvalue weighted by molar-refractivity contribution is 6.31. The van der Waals surface area contributed by atoms with Crippen LogP contribution in [0.1, 0.15) is 16.1 Å². The number of ether oxygens (including phenoxy) is 1. The van der Waals surface area contributed by atoms with Gasteiger partial charge in [-0.15, -0.1) is 0 Å². The van der Waals surface area contributed by atoms with Gasteiger partial charge in [0.1, 0.15) is 17.5 Å². The molecular weight excluding hydrogens is 364 g/mol. The predicted molar refractivity (Wildman–Crippen MR) is 105 cm³/mol. The number of methoxy groups -OCH3 is 1. The molecule has 6 nitrogen and oxygen atoms in total. The lowest BCUT2D eigenvalue weighted by Gasteiger charge is -2.12. The molecular formula is C20H15ClN4O2. The Labute approximate surface area is 161 Å². The smallest absolute Gasteiger partial charge is 0.274 e. The van der Waals surface area contributed by atoms with Gasteiger partial charge in [-0.2, -0.15) is 5.26 Å². The van der Waals surface area contributed by atoms with Gasteiger partial charge < -0.3 is 15.4 Å². The number of carbonyl (C=O) groups excluding carboxylic acids is 1. The SMILES string of the molecule is COc1ccc(Cl)cc1Nc1ccc(C(=O)Nc2ccccc2C#N)nc1. The number of nitriles is 1. The van der Waals surface area contributed by atoms with E-state index < -0.39 is 5.91 Å². The van der Waals surface area contributed by atoms with Crippen molar-refractivity contribution >= 4 is 34.6 Å². The summed E-state index contributed by atoms with van der Waals surface area (Å²) in [6, 6.07) is 17.3. The van der Waals surface area contributed by atoms with E-state index >= 15 is 0 Å². The van der Waals surface area contributed by atoms with Crippen LogP contribution in [0.4, 0.5) is 17.1 Å². The number of aromatic nitrogens is 1. The highest BCUT2D eigenvalue weighted by Gasteiger charge is 2.11. The summed E-state index contributed by atoms with van der Waals surface area (Å²) in [6.07, 6.45) is 1.53. The molecule has 0 aliphatic heterocycles. The second kappa shape index (κ2) is 8.21. The molecule has 0 unspecified atom stereocenters. The van der Waals surface area contributed by atoms with Crippen molar-refractivity contribution in [3.05, 3.63) is 77.1 Å². The van der Waals surface area contributed by atoms with Crippen LogP contribution in [0.2, 0.25) is 5.02 Å². The standard InChI is InChI=1S/C20H15ClN4O2/c1-27-19-9-6-14(21)10-18(19)24-15-7-8-17(23-12-15)20(26)25-16-5-3-2-4-13(16)11-22/h2-10,12,24H,1H3,(H,25,26). The molecule has 0 saturated heterocycles. The van der Waals surface area contributed by atoms with Crippen LogP contribution in [0, 0.1) is 11.3 Å². The maximum atomic E-state index is 12.4. The van der Waals surface area contributed by atoms with Crippen LogP contribution in [0.3, 0.4) is 0 Å². The van der Waals surface area contributed by atoms with Crippen LogP contribution >= 0.6 is 11.6 Å². The largest absolute Gasteiger partial charge is 0.495 e. The summed E-state index contributed by atoms with van der Waals surface area (Å²) in [5, 5.41) is 15.5. The second-order valence-electron chi connectivity index (χ2n) is 5.51. The third kappa shape index (κ3) is 4.35. The molecule has 1 amide bonds. The number of hydrogen-bond donors (Lipinski definition) is 2. The number of hydrogen-bond acceptors (Lipinski definition) is 5. The monoisotopic (exact) mass is 378 g/mol. The van der Waals surface area contributed by atoms with E-state index in [0.29, 0.717) is 33.4 Å². The molecule has 3 rings (SSSR count). The Morgan fingerprint density at radius 3 is 2.67 bits per heavy atom. The molecule has 0 aliphatic carbocycles. The molecule has 0 fully saturated rings. The van der Waals surface area contributed by atoms with E-state index in [9.17, 15) is 4.79 Å². The van der Waals surface area contributed by atoms with Gasteiger partial charge in [-0.05, 0) is 42.5 Å². The molecule has 0 atom stereocenters. The van der Waals surface area contributed by atoms with Crippen LogP contribution in [-0.4, -0.2) is 18.0 Å². The molecule has 27 heavy (non-hydrogen) atoms. The van der Waals surface area contributed by atoms with E-state index in [1.807, 2.05) is 6.07 Å². The minimum atomic E-state index is -0.399. The summed E-state index contributed by atoms with van der Waals surface area (Å²) in [7, 11) is 1.57. The van der Waals surface area contributed by atoms with E-state index in [-0.39, 0.29) is 5.69 Å². The van der Waals surface area contributed by atoms with Gasteiger partial charge >= 0.3 is 0 Å². The second-order valence-corrected chi connectivity index (χ2v) is 5.95. The topological polar surface area (TPSA) is 87.0 Å². The molecule has 1 heterocycles. The summed E-state index contributed by atoms with van der Waals surface area (Å²) in [5.74, 6) is 0.235. The van der Waals surface area contributed by atoms with Crippen molar-refractivity contribution < 1.29 is 9.53 Å². The number of para-hydroxylation sites is 1.